The molecule has 0 fully saturated rings. The number of fused-ring (bicyclic) bond motifs is 1. The fourth-order valence-corrected chi connectivity index (χ4v) is 2.70. The lowest BCUT2D eigenvalue weighted by Gasteiger charge is -2.17. The quantitative estimate of drug-likeness (QED) is 0.822. The number of rotatable bonds is 7. The molecule has 120 valence electrons. The van der Waals surface area contributed by atoms with Crippen LogP contribution in [0.3, 0.4) is 0 Å². The highest BCUT2D eigenvalue weighted by Crippen LogP contribution is 2.18. The van der Waals surface area contributed by atoms with Crippen LogP contribution in [0.1, 0.15) is 38.4 Å². The van der Waals surface area contributed by atoms with Crippen molar-refractivity contribution >= 4 is 10.9 Å². The Hall–Kier alpha value is -1.81. The fourth-order valence-electron chi connectivity index (χ4n) is 2.70. The molecule has 0 saturated heterocycles. The number of aromatic nitrogens is 1. The lowest BCUT2D eigenvalue weighted by Crippen LogP contribution is -3.10. The lowest BCUT2D eigenvalue weighted by atomic mass is 10.1. The van der Waals surface area contributed by atoms with Crippen LogP contribution in [0.25, 0.3) is 10.9 Å². The van der Waals surface area contributed by atoms with Crippen molar-refractivity contribution in [1.82, 2.24) is 4.98 Å². The summed E-state index contributed by atoms with van der Waals surface area (Å²) < 4.78 is 5.65. The predicted molar refractivity (Wildman–Crippen MR) is 90.8 cm³/mol. The highest BCUT2D eigenvalue weighted by Gasteiger charge is 2.14. The van der Waals surface area contributed by atoms with Gasteiger partial charge in [0.2, 0.25) is 0 Å². The van der Waals surface area contributed by atoms with Crippen molar-refractivity contribution < 1.29 is 9.64 Å². The van der Waals surface area contributed by atoms with Crippen LogP contribution in [0.5, 0.6) is 5.75 Å². The second-order valence-corrected chi connectivity index (χ2v) is 5.75. The van der Waals surface area contributed by atoms with Crippen LogP contribution in [-0.2, 0) is 6.54 Å². The van der Waals surface area contributed by atoms with Crippen molar-refractivity contribution in [2.45, 2.75) is 40.7 Å². The summed E-state index contributed by atoms with van der Waals surface area (Å²) in [7, 11) is 0. The van der Waals surface area contributed by atoms with E-state index in [1.165, 1.54) is 4.90 Å². The largest absolute Gasteiger partial charge is 0.494 e. The molecule has 0 amide bonds. The van der Waals surface area contributed by atoms with Gasteiger partial charge < -0.3 is 14.6 Å². The summed E-state index contributed by atoms with van der Waals surface area (Å²) in [6.45, 7) is 11.8. The summed E-state index contributed by atoms with van der Waals surface area (Å²) in [4.78, 5) is 17.6. The summed E-state index contributed by atoms with van der Waals surface area (Å²) in [5.41, 5.74) is 2.87. The van der Waals surface area contributed by atoms with Crippen LogP contribution in [0.15, 0.2) is 23.0 Å². The Morgan fingerprint density at radius 2 is 1.91 bits per heavy atom. The van der Waals surface area contributed by atoms with Crippen LogP contribution >= 0.6 is 0 Å². The van der Waals surface area contributed by atoms with Gasteiger partial charge >= 0.3 is 0 Å². The molecule has 1 aromatic heterocycles. The molecule has 0 bridgehead atoms. The molecular formula is C18H27N2O2+. The molecule has 22 heavy (non-hydrogen) atoms. The van der Waals surface area contributed by atoms with Gasteiger partial charge in [0.15, 0.2) is 5.43 Å². The number of benzene rings is 1. The summed E-state index contributed by atoms with van der Waals surface area (Å²) in [5, 5.41) is 0.723. The zero-order valence-corrected chi connectivity index (χ0v) is 14.1. The highest BCUT2D eigenvalue weighted by atomic mass is 16.5. The second-order valence-electron chi connectivity index (χ2n) is 5.75. The Morgan fingerprint density at radius 1 is 1.18 bits per heavy atom. The topological polar surface area (TPSA) is 46.5 Å². The maximum Gasteiger partial charge on any atom is 0.198 e. The zero-order valence-electron chi connectivity index (χ0n) is 14.1. The van der Waals surface area contributed by atoms with E-state index in [2.05, 4.69) is 25.8 Å². The van der Waals surface area contributed by atoms with Gasteiger partial charge in [-0.15, -0.1) is 0 Å². The number of quaternary nitrogens is 1. The third-order valence-corrected chi connectivity index (χ3v) is 4.18. The summed E-state index contributed by atoms with van der Waals surface area (Å²) >= 11 is 0. The van der Waals surface area contributed by atoms with Crippen LogP contribution in [-0.4, -0.2) is 24.7 Å². The van der Waals surface area contributed by atoms with Crippen LogP contribution < -0.4 is 15.1 Å². The summed E-state index contributed by atoms with van der Waals surface area (Å²) in [6, 6.07) is 5.72. The van der Waals surface area contributed by atoms with Gasteiger partial charge in [-0.05, 0) is 45.4 Å². The predicted octanol–water partition coefficient (Wildman–Crippen LogP) is 2.05. The van der Waals surface area contributed by atoms with Gasteiger partial charge in [-0.25, -0.2) is 0 Å². The summed E-state index contributed by atoms with van der Waals surface area (Å²) in [6.07, 6.45) is 0.957. The van der Waals surface area contributed by atoms with Crippen molar-refractivity contribution in [3.05, 3.63) is 39.7 Å². The van der Waals surface area contributed by atoms with Gasteiger partial charge in [-0.3, -0.25) is 4.79 Å². The van der Waals surface area contributed by atoms with Gasteiger partial charge in [-0.1, -0.05) is 6.92 Å². The average Bonchev–Trinajstić information content (AvgIpc) is 2.53. The second kappa shape index (κ2) is 7.45. The Morgan fingerprint density at radius 3 is 2.55 bits per heavy atom. The minimum absolute atomic E-state index is 0.132. The first-order valence-electron chi connectivity index (χ1n) is 8.22. The van der Waals surface area contributed by atoms with E-state index in [0.29, 0.717) is 6.61 Å². The van der Waals surface area contributed by atoms with Crippen molar-refractivity contribution in [1.29, 1.82) is 0 Å². The van der Waals surface area contributed by atoms with Crippen molar-refractivity contribution in [3.63, 3.8) is 0 Å². The normalized spacial score (nSPS) is 11.3. The number of aryl methyl sites for hydroxylation is 1. The minimum atomic E-state index is 0.132. The molecule has 0 radical (unpaired) electrons. The lowest BCUT2D eigenvalue weighted by molar-refractivity contribution is -0.910. The van der Waals surface area contributed by atoms with E-state index in [1.807, 2.05) is 25.1 Å². The SMILES string of the molecule is CCCOc1ccc2[nH]c(C)c(C[NH+](CC)CC)c(=O)c2c1. The Balaban J connectivity index is 2.46. The number of hydrogen-bond donors (Lipinski definition) is 2. The third kappa shape index (κ3) is 3.50. The first kappa shape index (κ1) is 16.6. The molecule has 1 aromatic carbocycles. The van der Waals surface area contributed by atoms with Crippen molar-refractivity contribution in [2.75, 3.05) is 19.7 Å². The summed E-state index contributed by atoms with van der Waals surface area (Å²) in [5.74, 6) is 0.768. The molecule has 0 aliphatic carbocycles. The van der Waals surface area contributed by atoms with E-state index in [4.69, 9.17) is 4.74 Å². The number of nitrogens with one attached hydrogen (secondary N) is 2. The van der Waals surface area contributed by atoms with Crippen LogP contribution in [0, 0.1) is 6.92 Å². The van der Waals surface area contributed by atoms with E-state index < -0.39 is 0 Å². The molecule has 2 aromatic rings. The maximum atomic E-state index is 12.9. The highest BCUT2D eigenvalue weighted by molar-refractivity contribution is 5.81. The van der Waals surface area contributed by atoms with Gasteiger partial charge in [0, 0.05) is 16.6 Å². The molecular weight excluding hydrogens is 276 g/mol. The van der Waals surface area contributed by atoms with Gasteiger partial charge in [0.1, 0.15) is 12.3 Å². The van der Waals surface area contributed by atoms with Gasteiger partial charge in [-0.2, -0.15) is 0 Å². The zero-order chi connectivity index (χ0) is 16.1. The number of pyridine rings is 1. The fraction of sp³-hybridized carbons (Fsp3) is 0.500. The van der Waals surface area contributed by atoms with Crippen LogP contribution in [0.2, 0.25) is 0 Å². The molecule has 1 heterocycles. The Bertz CT molecular complexity index is 687. The number of ether oxygens (including phenoxy) is 1. The van der Waals surface area contributed by atoms with E-state index in [0.717, 1.165) is 54.0 Å². The monoisotopic (exact) mass is 303 g/mol. The van der Waals surface area contributed by atoms with Crippen LogP contribution in [0.4, 0.5) is 0 Å². The molecule has 0 aliphatic heterocycles. The Labute approximate surface area is 132 Å². The number of aromatic amines is 1. The molecule has 0 unspecified atom stereocenters. The molecule has 4 heteroatoms. The first-order valence-corrected chi connectivity index (χ1v) is 8.22. The van der Waals surface area contributed by atoms with Crippen molar-refractivity contribution in [3.8, 4) is 5.75 Å². The van der Waals surface area contributed by atoms with E-state index in [9.17, 15) is 4.79 Å². The van der Waals surface area contributed by atoms with E-state index in [-0.39, 0.29) is 5.43 Å². The molecule has 4 nitrogen and oxygen atoms in total. The molecule has 0 aliphatic rings. The number of H-pyrrole nitrogens is 1. The molecule has 0 spiro atoms. The molecule has 0 saturated carbocycles. The smallest absolute Gasteiger partial charge is 0.198 e. The molecule has 2 rings (SSSR count). The van der Waals surface area contributed by atoms with Gasteiger partial charge in [0.25, 0.3) is 0 Å². The maximum absolute atomic E-state index is 12.9. The standard InChI is InChI=1S/C18H26N2O2/c1-5-10-22-14-8-9-17-15(11-14)18(21)16(13(4)19-17)12-20(6-2)7-3/h8-9,11H,5-7,10,12H2,1-4H3,(H,19,21)/p+1. The minimum Gasteiger partial charge on any atom is -0.494 e. The first-order chi connectivity index (χ1) is 10.6. The molecule has 0 atom stereocenters. The average molecular weight is 303 g/mol. The third-order valence-electron chi connectivity index (χ3n) is 4.18. The van der Waals surface area contributed by atoms with Gasteiger partial charge in [0.05, 0.1) is 25.3 Å². The van der Waals surface area contributed by atoms with Crippen molar-refractivity contribution in [2.24, 2.45) is 0 Å². The number of hydrogen-bond acceptors (Lipinski definition) is 2. The van der Waals surface area contributed by atoms with E-state index in [1.54, 1.807) is 0 Å². The van der Waals surface area contributed by atoms with E-state index >= 15 is 0 Å². The molecule has 2 N–H and O–H groups in total. The Kier molecular flexibility index (Phi) is 5.61.